The summed E-state index contributed by atoms with van der Waals surface area (Å²) in [4.78, 5) is 39.7. The normalized spacial score (nSPS) is 11.9. The maximum absolute atomic E-state index is 11.0. The summed E-state index contributed by atoms with van der Waals surface area (Å²) < 4.78 is 4.59. The number of carbonyl (C=O) groups is 4. The number of hydrogen-bond donors (Lipinski definition) is 3. The lowest BCUT2D eigenvalue weighted by atomic mass is 10.2. The Morgan fingerprint density at radius 2 is 1.56 bits per heavy atom. The van der Waals surface area contributed by atoms with Gasteiger partial charge in [-0.1, -0.05) is 17.7 Å². The Balaban J connectivity index is -0.000000317. The van der Waals surface area contributed by atoms with E-state index in [1.54, 1.807) is 4.90 Å². The number of rotatable bonds is 1. The second-order valence-electron chi connectivity index (χ2n) is 4.92. The zero-order valence-electron chi connectivity index (χ0n) is 16.1. The van der Waals surface area contributed by atoms with Crippen molar-refractivity contribution >= 4 is 31.8 Å². The molecule has 2 rings (SSSR count). The van der Waals surface area contributed by atoms with Crippen LogP contribution in [-0.2, 0) is 19.1 Å². The molecule has 2 amide bonds. The van der Waals surface area contributed by atoms with Gasteiger partial charge in [-0.15, -0.1) is 0 Å². The Kier molecular flexibility index (Phi) is 22.5. The van der Waals surface area contributed by atoms with Crippen LogP contribution >= 0.6 is 0 Å². The zero-order valence-corrected chi connectivity index (χ0v) is 16.1. The van der Waals surface area contributed by atoms with E-state index < -0.39 is 0 Å². The number of nitrogens with two attached hydrogens (primary N) is 1. The summed E-state index contributed by atoms with van der Waals surface area (Å²) in [7, 11) is 3.47. The number of methoxy groups -OCH3 is 1. The molecule has 0 aliphatic carbocycles. The minimum Gasteiger partial charge on any atom is -0.453 e. The molecule has 1 heterocycles. The van der Waals surface area contributed by atoms with Crippen LogP contribution in [-0.4, -0.2) is 81.4 Å². The highest BCUT2D eigenvalue weighted by Crippen LogP contribution is 2.02. The van der Waals surface area contributed by atoms with Gasteiger partial charge in [0.25, 0.3) is 0 Å². The predicted octanol–water partition coefficient (Wildman–Crippen LogP) is 0.329. The van der Waals surface area contributed by atoms with Gasteiger partial charge in [0.1, 0.15) is 13.6 Å². The molecule has 154 valence electrons. The smallest absolute Gasteiger partial charge is 0.409 e. The molecule has 4 N–H and O–H groups in total. The van der Waals surface area contributed by atoms with E-state index in [1.807, 2.05) is 44.8 Å². The number of carbonyl (C=O) groups excluding carboxylic acids is 4. The SMILES string of the molecule is C=O.C=O.COC(=O)N1CCN(C)CC1.Cc1ccc(N)cc1.O=CNO. The van der Waals surface area contributed by atoms with Crippen molar-refractivity contribution in [1.82, 2.24) is 15.3 Å². The number of aryl methyl sites for hydroxylation is 1. The van der Waals surface area contributed by atoms with Crippen molar-refractivity contribution in [2.75, 3.05) is 46.1 Å². The van der Waals surface area contributed by atoms with E-state index in [-0.39, 0.29) is 12.5 Å². The lowest BCUT2D eigenvalue weighted by molar-refractivity contribution is -0.116. The Labute approximate surface area is 159 Å². The molecular weight excluding hydrogens is 356 g/mol. The van der Waals surface area contributed by atoms with Gasteiger partial charge in [-0.05, 0) is 26.1 Å². The maximum Gasteiger partial charge on any atom is 0.409 e. The average Bonchev–Trinajstić information content (AvgIpc) is 2.74. The van der Waals surface area contributed by atoms with Crippen molar-refractivity contribution in [2.24, 2.45) is 0 Å². The number of hydrogen-bond acceptors (Lipinski definition) is 8. The molecule has 1 aromatic rings. The zero-order chi connectivity index (χ0) is 21.7. The third-order valence-electron chi connectivity index (χ3n) is 3.07. The van der Waals surface area contributed by atoms with Crippen LogP contribution in [0.4, 0.5) is 10.5 Å². The summed E-state index contributed by atoms with van der Waals surface area (Å²) in [5, 5.41) is 7.26. The Hall–Kier alpha value is -2.98. The molecule has 1 aliphatic rings. The van der Waals surface area contributed by atoms with Gasteiger partial charge in [0.05, 0.1) is 7.11 Å². The van der Waals surface area contributed by atoms with Crippen LogP contribution in [0, 0.1) is 6.92 Å². The van der Waals surface area contributed by atoms with Crippen LogP contribution in [0.15, 0.2) is 24.3 Å². The van der Waals surface area contributed by atoms with Crippen molar-refractivity contribution in [3.05, 3.63) is 29.8 Å². The van der Waals surface area contributed by atoms with Gasteiger partial charge in [0.15, 0.2) is 0 Å². The monoisotopic (exact) mass is 386 g/mol. The van der Waals surface area contributed by atoms with Crippen molar-refractivity contribution in [3.8, 4) is 0 Å². The van der Waals surface area contributed by atoms with Crippen molar-refractivity contribution in [2.45, 2.75) is 6.92 Å². The van der Waals surface area contributed by atoms with E-state index in [1.165, 1.54) is 18.2 Å². The minimum absolute atomic E-state index is 0.181. The number of hydroxylamine groups is 1. The van der Waals surface area contributed by atoms with Crippen LogP contribution < -0.4 is 11.2 Å². The Bertz CT molecular complexity index is 456. The number of likely N-dealkylation sites (N-methyl/N-ethyl adjacent to an activating group) is 1. The van der Waals surface area contributed by atoms with E-state index in [9.17, 15) is 4.79 Å². The van der Waals surface area contributed by atoms with Gasteiger partial charge >= 0.3 is 6.09 Å². The van der Waals surface area contributed by atoms with Crippen LogP contribution in [0.5, 0.6) is 0 Å². The fourth-order valence-electron chi connectivity index (χ4n) is 1.68. The lowest BCUT2D eigenvalue weighted by Crippen LogP contribution is -2.47. The first-order chi connectivity index (χ1) is 12.9. The third kappa shape index (κ3) is 17.6. The van der Waals surface area contributed by atoms with E-state index in [0.717, 1.165) is 31.9 Å². The molecule has 0 spiro atoms. The molecule has 0 aromatic heterocycles. The summed E-state index contributed by atoms with van der Waals surface area (Å²) in [6.07, 6.45) is -0.0295. The van der Waals surface area contributed by atoms with Gasteiger partial charge in [-0.25, -0.2) is 10.3 Å². The second kappa shape index (κ2) is 21.1. The second-order valence-corrected chi connectivity index (χ2v) is 4.92. The minimum atomic E-state index is -0.210. The summed E-state index contributed by atoms with van der Waals surface area (Å²) in [6, 6.07) is 7.79. The third-order valence-corrected chi connectivity index (χ3v) is 3.07. The van der Waals surface area contributed by atoms with E-state index in [0.29, 0.717) is 0 Å². The first-order valence-corrected chi connectivity index (χ1v) is 7.69. The van der Waals surface area contributed by atoms with Crippen LogP contribution in [0.2, 0.25) is 0 Å². The summed E-state index contributed by atoms with van der Waals surface area (Å²) >= 11 is 0. The number of amides is 2. The number of ether oxygens (including phenoxy) is 1. The van der Waals surface area contributed by atoms with Gasteiger partial charge < -0.3 is 29.9 Å². The molecule has 27 heavy (non-hydrogen) atoms. The number of anilines is 1. The molecule has 1 aliphatic heterocycles. The number of nitrogens with one attached hydrogen (secondary N) is 1. The lowest BCUT2D eigenvalue weighted by Gasteiger charge is -2.31. The summed E-state index contributed by atoms with van der Waals surface area (Å²) in [5.41, 5.74) is 8.76. The molecule has 0 bridgehead atoms. The molecule has 0 unspecified atom stereocenters. The highest BCUT2D eigenvalue weighted by atomic mass is 16.5. The van der Waals surface area contributed by atoms with Crippen molar-refractivity contribution in [3.63, 3.8) is 0 Å². The standard InChI is InChI=1S/C7H14N2O2.C7H9N.CH3NO2.2CH2O/c1-8-3-5-9(6-4-8)7(10)11-2;1-6-2-4-7(8)5-3-6;3-1-2-4;2*1-2/h3-6H2,1-2H3;2-5H,8H2,1H3;1,4H,(H,2,3);2*1H2. The molecular formula is C17H30N4O6. The van der Waals surface area contributed by atoms with Gasteiger partial charge in [-0.3, -0.25) is 10.0 Å². The predicted molar refractivity (Wildman–Crippen MR) is 102 cm³/mol. The van der Waals surface area contributed by atoms with Gasteiger partial charge in [0, 0.05) is 31.9 Å². The number of nitrogen functional groups attached to an aromatic ring is 1. The fraction of sp³-hybridized carbons (Fsp3) is 0.412. The van der Waals surface area contributed by atoms with Gasteiger partial charge in [0.2, 0.25) is 6.41 Å². The van der Waals surface area contributed by atoms with Crippen molar-refractivity contribution in [1.29, 1.82) is 0 Å². The molecule has 1 aromatic carbocycles. The highest BCUT2D eigenvalue weighted by molar-refractivity contribution is 5.67. The topological polar surface area (TPSA) is 142 Å². The first-order valence-electron chi connectivity index (χ1n) is 7.69. The number of nitrogens with zero attached hydrogens (tertiary/aromatic N) is 2. The molecule has 10 heteroatoms. The van der Waals surface area contributed by atoms with Gasteiger partial charge in [-0.2, -0.15) is 0 Å². The molecule has 1 fully saturated rings. The number of benzene rings is 1. The van der Waals surface area contributed by atoms with Crippen LogP contribution in [0.25, 0.3) is 0 Å². The molecule has 0 atom stereocenters. The maximum atomic E-state index is 11.0. The Morgan fingerprint density at radius 3 is 1.85 bits per heavy atom. The first kappa shape index (κ1) is 28.8. The average molecular weight is 386 g/mol. The van der Waals surface area contributed by atoms with E-state index in [4.69, 9.17) is 25.3 Å². The van der Waals surface area contributed by atoms with E-state index >= 15 is 0 Å². The molecule has 0 saturated carbocycles. The Morgan fingerprint density at radius 1 is 1.15 bits per heavy atom. The summed E-state index contributed by atoms with van der Waals surface area (Å²) in [6.45, 7) is 9.48. The molecule has 0 radical (unpaired) electrons. The van der Waals surface area contributed by atoms with E-state index in [2.05, 4.69) is 16.7 Å². The molecule has 1 saturated heterocycles. The van der Waals surface area contributed by atoms with Crippen LogP contribution in [0.1, 0.15) is 5.56 Å². The largest absolute Gasteiger partial charge is 0.453 e. The number of piperazine rings is 1. The summed E-state index contributed by atoms with van der Waals surface area (Å²) in [5.74, 6) is 0. The fourth-order valence-corrected chi connectivity index (χ4v) is 1.68. The molecule has 10 nitrogen and oxygen atoms in total. The van der Waals surface area contributed by atoms with Crippen LogP contribution in [0.3, 0.4) is 0 Å². The van der Waals surface area contributed by atoms with Crippen molar-refractivity contribution < 1.29 is 29.1 Å². The highest BCUT2D eigenvalue weighted by Gasteiger charge is 2.18. The quantitative estimate of drug-likeness (QED) is 0.271.